The van der Waals surface area contributed by atoms with Gasteiger partial charge >= 0.3 is 0 Å². The van der Waals surface area contributed by atoms with E-state index in [1.54, 1.807) is 36.4 Å². The number of carbonyl (C=O) groups excluding carboxylic acids is 2. The molecule has 0 saturated carbocycles. The number of carbonyl (C=O) groups is 2. The molecule has 9 N–H and O–H groups in total. The number of nitrogens with zero attached hydrogens (tertiary/aromatic N) is 1. The lowest BCUT2D eigenvalue weighted by atomic mass is 10.1. The number of rotatable bonds is 6. The fourth-order valence-corrected chi connectivity index (χ4v) is 2.16. The number of aliphatic imine (C=N–C) groups is 1. The van der Waals surface area contributed by atoms with Gasteiger partial charge in [-0.15, -0.1) is 0 Å². The Morgan fingerprint density at radius 2 is 1.56 bits per heavy atom. The number of nitrogens with two attached hydrogens (primary N) is 4. The van der Waals surface area contributed by atoms with Crippen LogP contribution in [-0.2, 0) is 11.2 Å². The highest BCUT2D eigenvalue weighted by Crippen LogP contribution is 2.14. The van der Waals surface area contributed by atoms with E-state index >= 15 is 0 Å². The van der Waals surface area contributed by atoms with Gasteiger partial charge < -0.3 is 28.3 Å². The molecule has 0 radical (unpaired) electrons. The summed E-state index contributed by atoms with van der Waals surface area (Å²) in [6, 6.07) is 12.6. The summed E-state index contributed by atoms with van der Waals surface area (Å²) in [4.78, 5) is 27.1. The van der Waals surface area contributed by atoms with E-state index in [4.69, 9.17) is 22.9 Å². The van der Waals surface area contributed by atoms with E-state index in [-0.39, 0.29) is 11.9 Å². The third-order valence-electron chi connectivity index (χ3n) is 3.42. The molecule has 0 aliphatic heterocycles. The molecule has 2 rings (SSSR count). The third kappa shape index (κ3) is 5.33. The molecule has 0 fully saturated rings. The van der Waals surface area contributed by atoms with Gasteiger partial charge in [-0.3, -0.25) is 9.59 Å². The number of hydrogen-bond acceptors (Lipinski definition) is 4. The molecule has 2 aromatic rings. The number of guanidine groups is 1. The number of amides is 2. The Balaban J connectivity index is 1.95. The molecule has 1 atom stereocenters. The Hall–Kier alpha value is -3.39. The zero-order chi connectivity index (χ0) is 18.4. The van der Waals surface area contributed by atoms with Gasteiger partial charge in [-0.1, -0.05) is 12.1 Å². The van der Waals surface area contributed by atoms with Crippen LogP contribution in [0.25, 0.3) is 0 Å². The Kier molecular flexibility index (Phi) is 5.70. The highest BCUT2D eigenvalue weighted by atomic mass is 16.2. The normalized spacial score (nSPS) is 11.4. The van der Waals surface area contributed by atoms with Crippen LogP contribution in [0.1, 0.15) is 15.9 Å². The molecule has 0 heterocycles. The van der Waals surface area contributed by atoms with Crippen LogP contribution in [0.2, 0.25) is 0 Å². The monoisotopic (exact) mass is 340 g/mol. The van der Waals surface area contributed by atoms with Gasteiger partial charge in [-0.25, -0.2) is 4.99 Å². The Labute approximate surface area is 144 Å². The average Bonchev–Trinajstić information content (AvgIpc) is 2.56. The summed E-state index contributed by atoms with van der Waals surface area (Å²) in [6.07, 6.45) is 0.354. The molecule has 2 amide bonds. The molecule has 0 saturated heterocycles. The summed E-state index contributed by atoms with van der Waals surface area (Å²) < 4.78 is 0. The number of nitrogens with one attached hydrogen (secondary N) is 1. The number of anilines is 1. The Morgan fingerprint density at radius 3 is 2.08 bits per heavy atom. The molecule has 0 aliphatic carbocycles. The van der Waals surface area contributed by atoms with Crippen molar-refractivity contribution in [2.24, 2.45) is 27.9 Å². The van der Waals surface area contributed by atoms with Crippen LogP contribution in [0.3, 0.4) is 0 Å². The summed E-state index contributed by atoms with van der Waals surface area (Å²) in [5.41, 5.74) is 24.1. The quantitative estimate of drug-likeness (QED) is 0.374. The van der Waals surface area contributed by atoms with Crippen LogP contribution in [0.4, 0.5) is 11.4 Å². The van der Waals surface area contributed by atoms with Gasteiger partial charge in [-0.2, -0.15) is 0 Å². The minimum absolute atomic E-state index is 0.0221. The summed E-state index contributed by atoms with van der Waals surface area (Å²) in [6.45, 7) is 0. The first-order chi connectivity index (χ1) is 11.8. The summed E-state index contributed by atoms with van der Waals surface area (Å²) in [7, 11) is 0. The lowest BCUT2D eigenvalue weighted by Crippen LogP contribution is -2.37. The van der Waals surface area contributed by atoms with Crippen molar-refractivity contribution < 1.29 is 9.59 Å². The van der Waals surface area contributed by atoms with Crippen molar-refractivity contribution in [3.63, 3.8) is 0 Å². The van der Waals surface area contributed by atoms with E-state index in [0.717, 1.165) is 5.56 Å². The minimum Gasteiger partial charge on any atom is -0.370 e. The Morgan fingerprint density at radius 1 is 0.960 bits per heavy atom. The van der Waals surface area contributed by atoms with Crippen LogP contribution in [-0.4, -0.2) is 23.8 Å². The van der Waals surface area contributed by atoms with Gasteiger partial charge in [0, 0.05) is 11.3 Å². The highest BCUT2D eigenvalue weighted by molar-refractivity contribution is 5.96. The van der Waals surface area contributed by atoms with Gasteiger partial charge in [0.2, 0.25) is 11.8 Å². The number of primary amides is 1. The summed E-state index contributed by atoms with van der Waals surface area (Å²) in [5.74, 6) is -0.884. The van der Waals surface area contributed by atoms with Gasteiger partial charge in [0.15, 0.2) is 5.96 Å². The highest BCUT2D eigenvalue weighted by Gasteiger charge is 2.14. The van der Waals surface area contributed by atoms with E-state index in [1.165, 1.54) is 12.1 Å². The lowest BCUT2D eigenvalue weighted by molar-refractivity contribution is -0.117. The Bertz CT molecular complexity index is 780. The topological polar surface area (TPSA) is 163 Å². The molecule has 8 nitrogen and oxygen atoms in total. The molecule has 8 heteroatoms. The van der Waals surface area contributed by atoms with Gasteiger partial charge in [0.1, 0.15) is 0 Å². The maximum atomic E-state index is 12.2. The molecule has 0 aliphatic rings. The van der Waals surface area contributed by atoms with Gasteiger partial charge in [0.25, 0.3) is 0 Å². The van der Waals surface area contributed by atoms with E-state index < -0.39 is 11.9 Å². The molecular weight excluding hydrogens is 320 g/mol. The van der Waals surface area contributed by atoms with Crippen LogP contribution in [0.15, 0.2) is 53.5 Å². The van der Waals surface area contributed by atoms with Crippen molar-refractivity contribution in [2.75, 3.05) is 5.32 Å². The largest absolute Gasteiger partial charge is 0.370 e. The van der Waals surface area contributed by atoms with E-state index in [9.17, 15) is 9.59 Å². The van der Waals surface area contributed by atoms with Crippen LogP contribution in [0, 0.1) is 0 Å². The van der Waals surface area contributed by atoms with Crippen LogP contribution in [0.5, 0.6) is 0 Å². The van der Waals surface area contributed by atoms with Gasteiger partial charge in [0.05, 0.1) is 11.7 Å². The molecule has 25 heavy (non-hydrogen) atoms. The first kappa shape index (κ1) is 18.0. The first-order valence-electron chi connectivity index (χ1n) is 7.50. The minimum atomic E-state index is -0.732. The lowest BCUT2D eigenvalue weighted by Gasteiger charge is -2.13. The van der Waals surface area contributed by atoms with E-state index in [0.29, 0.717) is 23.4 Å². The second-order valence-corrected chi connectivity index (χ2v) is 5.44. The standard InChI is InChI=1S/C17H20N6O2/c18-14(9-10-1-5-13(6-2-10)23-17(20)21)16(25)22-12-7-3-11(4-8-12)15(19)24/h1-8,14H,9,18H2,(H2,19,24)(H,22,25)(H4,20,21,23)/t14-/m0/s1. The SMILES string of the molecule is NC(=O)c1ccc(NC(=O)[C@@H](N)Cc2ccc(N=C(N)N)cc2)cc1. The van der Waals surface area contributed by atoms with Gasteiger partial charge in [-0.05, 0) is 48.4 Å². The van der Waals surface area contributed by atoms with E-state index in [1.807, 2.05) is 0 Å². The maximum absolute atomic E-state index is 12.2. The molecule has 130 valence electrons. The zero-order valence-electron chi connectivity index (χ0n) is 13.5. The maximum Gasteiger partial charge on any atom is 0.248 e. The second-order valence-electron chi connectivity index (χ2n) is 5.44. The zero-order valence-corrected chi connectivity index (χ0v) is 13.5. The molecule has 2 aromatic carbocycles. The molecule has 0 spiro atoms. The first-order valence-corrected chi connectivity index (χ1v) is 7.50. The molecule has 0 bridgehead atoms. The fraction of sp³-hybridized carbons (Fsp3) is 0.118. The predicted octanol–water partition coefficient (Wildman–Crippen LogP) is 0.199. The molecule has 0 aromatic heterocycles. The second kappa shape index (κ2) is 7.93. The predicted molar refractivity (Wildman–Crippen MR) is 97.2 cm³/mol. The van der Waals surface area contributed by atoms with Crippen molar-refractivity contribution in [3.05, 3.63) is 59.7 Å². The average molecular weight is 340 g/mol. The number of hydrogen-bond donors (Lipinski definition) is 5. The molecular formula is C17H20N6O2. The van der Waals surface area contributed by atoms with Crippen molar-refractivity contribution in [1.82, 2.24) is 0 Å². The smallest absolute Gasteiger partial charge is 0.248 e. The van der Waals surface area contributed by atoms with Crippen LogP contribution < -0.4 is 28.3 Å². The van der Waals surface area contributed by atoms with Crippen molar-refractivity contribution in [1.29, 1.82) is 0 Å². The number of benzene rings is 2. The van der Waals surface area contributed by atoms with E-state index in [2.05, 4.69) is 10.3 Å². The summed E-state index contributed by atoms with van der Waals surface area (Å²) >= 11 is 0. The molecule has 0 unspecified atom stereocenters. The van der Waals surface area contributed by atoms with Crippen molar-refractivity contribution >= 4 is 29.1 Å². The summed E-state index contributed by atoms with van der Waals surface area (Å²) in [5, 5.41) is 2.69. The fourth-order valence-electron chi connectivity index (χ4n) is 2.16. The third-order valence-corrected chi connectivity index (χ3v) is 3.42. The van der Waals surface area contributed by atoms with Crippen molar-refractivity contribution in [3.8, 4) is 0 Å². The van der Waals surface area contributed by atoms with Crippen LogP contribution >= 0.6 is 0 Å². The van der Waals surface area contributed by atoms with Crippen molar-refractivity contribution in [2.45, 2.75) is 12.5 Å².